The van der Waals surface area contributed by atoms with Crippen LogP contribution in [0.5, 0.6) is 0 Å². The van der Waals surface area contributed by atoms with Crippen molar-refractivity contribution in [2.45, 2.75) is 0 Å². The first kappa shape index (κ1) is 21.2. The van der Waals surface area contributed by atoms with Crippen molar-refractivity contribution >= 4 is 44.4 Å². The molecule has 0 atom stereocenters. The fourth-order valence-electron chi connectivity index (χ4n) is 4.18. The van der Waals surface area contributed by atoms with Crippen LogP contribution >= 0.6 is 0 Å². The average molecular weight is 456 g/mol. The van der Waals surface area contributed by atoms with E-state index in [2.05, 4.69) is 156 Å². The van der Waals surface area contributed by atoms with E-state index >= 15 is 0 Å². The van der Waals surface area contributed by atoms with Gasteiger partial charge in [0.25, 0.3) is 0 Å². The summed E-state index contributed by atoms with van der Waals surface area (Å²) >= 11 is 0. The highest BCUT2D eigenvalue weighted by atomic mass is 28.4. The van der Waals surface area contributed by atoms with Gasteiger partial charge in [-0.15, -0.1) is 0 Å². The van der Waals surface area contributed by atoms with Crippen LogP contribution in [0.2, 0.25) is 0 Å². The van der Waals surface area contributed by atoms with Crippen molar-refractivity contribution in [1.82, 2.24) is 0 Å². The quantitative estimate of drug-likeness (QED) is 0.334. The maximum atomic E-state index is 2.77. The second-order valence-electron chi connectivity index (χ2n) is 7.83. The van der Waals surface area contributed by atoms with Crippen LogP contribution in [0.1, 0.15) is 0 Å². The molecule has 2 radical (unpaired) electrons. The molecule has 5 aromatic rings. The van der Waals surface area contributed by atoms with Crippen molar-refractivity contribution in [2.24, 2.45) is 0 Å². The van der Waals surface area contributed by atoms with E-state index in [4.69, 9.17) is 0 Å². The minimum atomic E-state index is -1.30. The van der Waals surface area contributed by atoms with Gasteiger partial charge in [0.05, 0.1) is 0 Å². The summed E-state index contributed by atoms with van der Waals surface area (Å²) in [4.78, 5) is 0. The van der Waals surface area contributed by atoms with Crippen LogP contribution in [0.3, 0.4) is 0 Å². The zero-order valence-corrected chi connectivity index (χ0v) is 20.4. The Balaban J connectivity index is 1.79. The Morgan fingerprint density at radius 3 is 0.818 bits per heavy atom. The zero-order chi connectivity index (χ0) is 22.3. The van der Waals surface area contributed by atoms with Crippen LogP contribution in [0.15, 0.2) is 152 Å². The van der Waals surface area contributed by atoms with Gasteiger partial charge in [0.15, 0.2) is 0 Å². The monoisotopic (exact) mass is 455 g/mol. The third-order valence-electron chi connectivity index (χ3n) is 5.65. The topological polar surface area (TPSA) is 3.24 Å². The van der Waals surface area contributed by atoms with E-state index in [1.807, 2.05) is 0 Å². The molecule has 0 amide bonds. The molecule has 0 N–H and O–H groups in total. The molecule has 0 unspecified atom stereocenters. The molecule has 0 saturated heterocycles. The molecule has 0 saturated carbocycles. The second-order valence-corrected chi connectivity index (χ2v) is 12.9. The number of anilines is 1. The highest BCUT2D eigenvalue weighted by molar-refractivity contribution is 7.05. The van der Waals surface area contributed by atoms with E-state index < -0.39 is 17.9 Å². The van der Waals surface area contributed by atoms with E-state index in [1.54, 1.807) is 0 Å². The van der Waals surface area contributed by atoms with Gasteiger partial charge in [0, 0.05) is 5.69 Å². The Hall–Kier alpha value is -3.67. The summed E-state index contributed by atoms with van der Waals surface area (Å²) in [6.07, 6.45) is 0. The fourth-order valence-corrected chi connectivity index (χ4v) is 11.2. The summed E-state index contributed by atoms with van der Waals surface area (Å²) in [5.41, 5.74) is 1.28. The van der Waals surface area contributed by atoms with Gasteiger partial charge >= 0.3 is 0 Å². The molecule has 3 heteroatoms. The lowest BCUT2D eigenvalue weighted by Crippen LogP contribution is -2.69. The van der Waals surface area contributed by atoms with Crippen molar-refractivity contribution in [3.8, 4) is 0 Å². The molecule has 0 aromatic heterocycles. The van der Waals surface area contributed by atoms with Gasteiger partial charge in [-0.3, -0.25) is 0 Å². The van der Waals surface area contributed by atoms with E-state index in [0.717, 1.165) is 0 Å². The number of nitrogens with zero attached hydrogens (tertiary/aromatic N) is 1. The molecule has 0 bridgehead atoms. The van der Waals surface area contributed by atoms with Crippen molar-refractivity contribution in [3.63, 3.8) is 0 Å². The molecule has 5 aromatic carbocycles. The first-order valence-corrected chi connectivity index (χ1v) is 14.1. The molecule has 158 valence electrons. The molecule has 0 aliphatic carbocycles. The summed E-state index contributed by atoms with van der Waals surface area (Å²) in [7, 11) is -2.61. The number of para-hydroxylation sites is 1. The first-order chi connectivity index (χ1) is 16.4. The molecule has 0 fully saturated rings. The van der Waals surface area contributed by atoms with Crippen molar-refractivity contribution in [3.05, 3.63) is 152 Å². The predicted molar refractivity (Wildman–Crippen MR) is 145 cm³/mol. The number of hydrogen-bond donors (Lipinski definition) is 0. The van der Waals surface area contributed by atoms with E-state index in [1.165, 1.54) is 26.4 Å². The Morgan fingerprint density at radius 2 is 0.545 bits per heavy atom. The summed E-state index contributed by atoms with van der Waals surface area (Å²) < 4.78 is 2.77. The van der Waals surface area contributed by atoms with Gasteiger partial charge in [-0.1, -0.05) is 140 Å². The SMILES string of the molecule is c1ccc(N([Si](c2ccccc2)c2ccccc2)[Si](c2ccccc2)c2ccccc2)cc1. The maximum Gasteiger partial charge on any atom is 0.234 e. The highest BCUT2D eigenvalue weighted by Gasteiger charge is 2.35. The van der Waals surface area contributed by atoms with Crippen LogP contribution in [0, 0.1) is 0 Å². The Bertz CT molecular complexity index is 1090. The zero-order valence-electron chi connectivity index (χ0n) is 18.4. The van der Waals surface area contributed by atoms with Gasteiger partial charge in [0.1, 0.15) is 0 Å². The number of rotatable bonds is 7. The highest BCUT2D eigenvalue weighted by Crippen LogP contribution is 2.18. The predicted octanol–water partition coefficient (Wildman–Crippen LogP) is 4.10. The third-order valence-corrected chi connectivity index (χ3v) is 11.9. The van der Waals surface area contributed by atoms with Gasteiger partial charge in [-0.05, 0) is 32.9 Å². The van der Waals surface area contributed by atoms with Gasteiger partial charge < -0.3 is 4.23 Å². The molecular weight excluding hydrogens is 431 g/mol. The maximum absolute atomic E-state index is 2.77. The fraction of sp³-hybridized carbons (Fsp3) is 0. The molecule has 5 rings (SSSR count). The summed E-state index contributed by atoms with van der Waals surface area (Å²) in [5.74, 6) is 0. The smallest absolute Gasteiger partial charge is 0.234 e. The average Bonchev–Trinajstić information content (AvgIpc) is 2.91. The van der Waals surface area contributed by atoms with E-state index in [0.29, 0.717) is 0 Å². The van der Waals surface area contributed by atoms with Gasteiger partial charge in [-0.25, -0.2) is 0 Å². The molecule has 0 spiro atoms. The standard InChI is InChI=1S/C30H25NSi2/c1-6-16-26(17-7-1)31(32(27-18-8-2-9-19-27)28-20-10-3-11-21-28)33(29-22-12-4-13-23-29)30-24-14-5-15-25-30/h1-25H. The van der Waals surface area contributed by atoms with E-state index in [9.17, 15) is 0 Å². The second kappa shape index (κ2) is 10.3. The molecule has 0 heterocycles. The minimum Gasteiger partial charge on any atom is -0.411 e. The summed E-state index contributed by atoms with van der Waals surface area (Å²) in [6, 6.07) is 55.2. The summed E-state index contributed by atoms with van der Waals surface area (Å²) in [5, 5.41) is 5.58. The summed E-state index contributed by atoms with van der Waals surface area (Å²) in [6.45, 7) is 0. The van der Waals surface area contributed by atoms with Crippen LogP contribution in [-0.2, 0) is 0 Å². The lowest BCUT2D eigenvalue weighted by atomic mass is 10.3. The number of hydrogen-bond acceptors (Lipinski definition) is 1. The van der Waals surface area contributed by atoms with Crippen LogP contribution < -0.4 is 25.0 Å². The lowest BCUT2D eigenvalue weighted by Gasteiger charge is -2.39. The van der Waals surface area contributed by atoms with Gasteiger partial charge in [0.2, 0.25) is 17.9 Å². The number of benzene rings is 5. The molecule has 33 heavy (non-hydrogen) atoms. The van der Waals surface area contributed by atoms with Gasteiger partial charge in [-0.2, -0.15) is 0 Å². The van der Waals surface area contributed by atoms with Crippen LogP contribution in [-0.4, -0.2) is 17.9 Å². The molecule has 0 aliphatic rings. The molecule has 1 nitrogen and oxygen atoms in total. The normalized spacial score (nSPS) is 11.0. The first-order valence-electron chi connectivity index (χ1n) is 11.2. The van der Waals surface area contributed by atoms with Crippen molar-refractivity contribution in [2.75, 3.05) is 4.23 Å². The molecular formula is C30H25NSi2. The van der Waals surface area contributed by atoms with Crippen molar-refractivity contribution in [1.29, 1.82) is 0 Å². The largest absolute Gasteiger partial charge is 0.411 e. The van der Waals surface area contributed by atoms with E-state index in [-0.39, 0.29) is 0 Å². The van der Waals surface area contributed by atoms with Crippen LogP contribution in [0.4, 0.5) is 5.69 Å². The van der Waals surface area contributed by atoms with Crippen LogP contribution in [0.25, 0.3) is 0 Å². The Labute approximate surface area is 200 Å². The van der Waals surface area contributed by atoms with Crippen molar-refractivity contribution < 1.29 is 0 Å². The third kappa shape index (κ3) is 4.75. The minimum absolute atomic E-state index is 1.28. The Kier molecular flexibility index (Phi) is 6.62. The lowest BCUT2D eigenvalue weighted by molar-refractivity contribution is 1.49. The molecule has 0 aliphatic heterocycles. The Morgan fingerprint density at radius 1 is 0.303 bits per heavy atom.